The van der Waals surface area contributed by atoms with Crippen LogP contribution in [-0.2, 0) is 0 Å². The van der Waals surface area contributed by atoms with Gasteiger partial charge in [-0.1, -0.05) is 42.5 Å². The summed E-state index contributed by atoms with van der Waals surface area (Å²) in [6.45, 7) is 1.42. The number of phenols is 1. The van der Waals surface area contributed by atoms with Crippen molar-refractivity contribution in [2.75, 3.05) is 0 Å². The molecule has 0 radical (unpaired) electrons. The first kappa shape index (κ1) is 18.7. The SMILES string of the molecule is C/C(O)=c1/c(=O)nc2cccc3c(O)c4c(=NC(=O)c5ccccc5)cccc4c1c23. The van der Waals surface area contributed by atoms with E-state index in [-0.39, 0.29) is 22.1 Å². The average Bonchev–Trinajstić information content (AvgIpc) is 2.77. The molecule has 150 valence electrons. The fourth-order valence-electron chi connectivity index (χ4n) is 4.08. The Balaban J connectivity index is 2.03. The summed E-state index contributed by atoms with van der Waals surface area (Å²) < 4.78 is 0. The number of carbonyl (C=O) groups excluding carboxylic acids is 1. The first-order chi connectivity index (χ1) is 15.0. The Morgan fingerprint density at radius 3 is 2.32 bits per heavy atom. The largest absolute Gasteiger partial charge is 0.512 e. The van der Waals surface area contributed by atoms with Gasteiger partial charge in [-0.2, -0.15) is 0 Å². The summed E-state index contributed by atoms with van der Waals surface area (Å²) in [7, 11) is 0. The van der Waals surface area contributed by atoms with Crippen LogP contribution in [0.3, 0.4) is 0 Å². The molecule has 0 saturated heterocycles. The van der Waals surface area contributed by atoms with Gasteiger partial charge in [0.2, 0.25) is 0 Å². The van der Waals surface area contributed by atoms with Gasteiger partial charge in [0.25, 0.3) is 11.5 Å². The van der Waals surface area contributed by atoms with Gasteiger partial charge in [-0.3, -0.25) is 9.59 Å². The van der Waals surface area contributed by atoms with E-state index in [4.69, 9.17) is 0 Å². The minimum Gasteiger partial charge on any atom is -0.512 e. The number of hydrogen-bond acceptors (Lipinski definition) is 5. The second-order valence-electron chi connectivity index (χ2n) is 7.28. The van der Waals surface area contributed by atoms with E-state index >= 15 is 0 Å². The Bertz CT molecular complexity index is 1690. The average molecular weight is 408 g/mol. The first-order valence-electron chi connectivity index (χ1n) is 9.65. The third kappa shape index (κ3) is 2.80. The highest BCUT2D eigenvalue weighted by atomic mass is 16.3. The summed E-state index contributed by atoms with van der Waals surface area (Å²) in [4.78, 5) is 33.7. The Labute approximate surface area is 175 Å². The standard InChI is InChI=1S/C25H16N2O4/c1-13(28)19-22-15-9-5-12-18(26-24(30)14-7-3-2-4-8-14)21(15)23(29)16-10-6-11-17(20(16)22)27-25(19)31/h2-12,28-29H,1H3/b19-13-,26-18?. The third-order valence-corrected chi connectivity index (χ3v) is 5.39. The van der Waals surface area contributed by atoms with Crippen molar-refractivity contribution < 1.29 is 15.0 Å². The van der Waals surface area contributed by atoms with Crippen molar-refractivity contribution in [3.8, 4) is 5.75 Å². The van der Waals surface area contributed by atoms with E-state index in [9.17, 15) is 19.8 Å². The summed E-state index contributed by atoms with van der Waals surface area (Å²) in [6, 6.07) is 18.8. The molecule has 0 saturated carbocycles. The summed E-state index contributed by atoms with van der Waals surface area (Å²) in [5.74, 6) is -0.676. The Hall–Kier alpha value is -4.32. The molecule has 1 heterocycles. The minimum absolute atomic E-state index is 0.0599. The Kier molecular flexibility index (Phi) is 4.15. The molecule has 5 aromatic rings. The zero-order valence-corrected chi connectivity index (χ0v) is 16.5. The number of aromatic hydroxyl groups is 1. The van der Waals surface area contributed by atoms with Crippen LogP contribution >= 0.6 is 0 Å². The summed E-state index contributed by atoms with van der Waals surface area (Å²) in [6.07, 6.45) is 0. The molecule has 0 unspecified atom stereocenters. The number of fused-ring (bicyclic) bond motifs is 2. The molecule has 6 nitrogen and oxygen atoms in total. The number of carbonyl (C=O) groups is 1. The number of pyridine rings is 1. The third-order valence-electron chi connectivity index (χ3n) is 5.39. The summed E-state index contributed by atoms with van der Waals surface area (Å²) in [5.41, 5.74) is 0.279. The molecule has 0 bridgehead atoms. The molecule has 1 amide bonds. The molecule has 6 heteroatoms. The number of hydrogen-bond donors (Lipinski definition) is 2. The maximum atomic E-state index is 12.7. The zero-order valence-electron chi connectivity index (χ0n) is 16.5. The first-order valence-corrected chi connectivity index (χ1v) is 9.65. The van der Waals surface area contributed by atoms with Gasteiger partial charge in [-0.05, 0) is 36.6 Å². The molecule has 31 heavy (non-hydrogen) atoms. The Morgan fingerprint density at radius 1 is 0.871 bits per heavy atom. The molecule has 0 aliphatic carbocycles. The van der Waals surface area contributed by atoms with Gasteiger partial charge in [0.1, 0.15) is 11.5 Å². The quantitative estimate of drug-likeness (QED) is 0.328. The van der Waals surface area contributed by atoms with Crippen LogP contribution in [-0.4, -0.2) is 21.1 Å². The van der Waals surface area contributed by atoms with Crippen molar-refractivity contribution in [1.29, 1.82) is 0 Å². The topological polar surface area (TPSA) is 99.8 Å². The van der Waals surface area contributed by atoms with Gasteiger partial charge in [-0.15, -0.1) is 0 Å². The second kappa shape index (κ2) is 6.88. The molecular weight excluding hydrogens is 392 g/mol. The summed E-state index contributed by atoms with van der Waals surface area (Å²) in [5, 5.41) is 24.1. The van der Waals surface area contributed by atoms with Gasteiger partial charge in [-0.25, -0.2) is 9.98 Å². The fraction of sp³-hybridized carbons (Fsp3) is 0.0400. The molecular formula is C25H16N2O4. The maximum Gasteiger partial charge on any atom is 0.281 e. The molecule has 0 aliphatic heterocycles. The van der Waals surface area contributed by atoms with Crippen LogP contribution in [0.15, 0.2) is 76.5 Å². The smallest absolute Gasteiger partial charge is 0.281 e. The lowest BCUT2D eigenvalue weighted by Gasteiger charge is -2.12. The summed E-state index contributed by atoms with van der Waals surface area (Å²) >= 11 is 0. The van der Waals surface area contributed by atoms with E-state index in [2.05, 4.69) is 9.98 Å². The van der Waals surface area contributed by atoms with E-state index in [1.807, 2.05) is 6.07 Å². The zero-order chi connectivity index (χ0) is 21.7. The highest BCUT2D eigenvalue weighted by Gasteiger charge is 2.18. The lowest BCUT2D eigenvalue weighted by Crippen LogP contribution is -2.30. The van der Waals surface area contributed by atoms with Crippen LogP contribution < -0.4 is 16.1 Å². The molecule has 1 aromatic heterocycles. The lowest BCUT2D eigenvalue weighted by atomic mass is 9.94. The van der Waals surface area contributed by atoms with Crippen LogP contribution in [0.5, 0.6) is 5.75 Å². The molecule has 5 rings (SSSR count). The fourth-order valence-corrected chi connectivity index (χ4v) is 4.08. The van der Waals surface area contributed by atoms with Gasteiger partial charge >= 0.3 is 0 Å². The number of rotatable bonds is 1. The molecule has 4 aromatic carbocycles. The van der Waals surface area contributed by atoms with Crippen LogP contribution in [0.4, 0.5) is 0 Å². The van der Waals surface area contributed by atoms with Crippen molar-refractivity contribution in [1.82, 2.24) is 4.98 Å². The van der Waals surface area contributed by atoms with Crippen LogP contribution in [0, 0.1) is 0 Å². The van der Waals surface area contributed by atoms with Crippen molar-refractivity contribution in [3.05, 3.63) is 93.2 Å². The molecule has 0 aliphatic rings. The lowest BCUT2D eigenvalue weighted by molar-refractivity contribution is 0.0998. The maximum absolute atomic E-state index is 12.7. The molecule has 2 N–H and O–H groups in total. The van der Waals surface area contributed by atoms with Crippen LogP contribution in [0.25, 0.3) is 38.2 Å². The normalized spacial score (nSPS) is 13.3. The van der Waals surface area contributed by atoms with Crippen molar-refractivity contribution in [3.63, 3.8) is 0 Å². The number of aliphatic hydroxyl groups is 1. The molecule has 0 spiro atoms. The van der Waals surface area contributed by atoms with Crippen molar-refractivity contribution >= 4 is 44.1 Å². The minimum atomic E-state index is -0.560. The number of benzene rings is 4. The second-order valence-corrected chi connectivity index (χ2v) is 7.28. The number of nitrogens with zero attached hydrogens (tertiary/aromatic N) is 2. The monoisotopic (exact) mass is 408 g/mol. The molecule has 0 fully saturated rings. The predicted molar refractivity (Wildman–Crippen MR) is 119 cm³/mol. The highest BCUT2D eigenvalue weighted by molar-refractivity contribution is 6.23. The van der Waals surface area contributed by atoms with E-state index in [1.165, 1.54) is 6.92 Å². The highest BCUT2D eigenvalue weighted by Crippen LogP contribution is 2.37. The van der Waals surface area contributed by atoms with Crippen LogP contribution in [0.2, 0.25) is 0 Å². The number of phenolic OH excluding ortho intramolecular Hbond substituents is 1. The van der Waals surface area contributed by atoms with E-state index < -0.39 is 11.5 Å². The molecule has 0 atom stereocenters. The van der Waals surface area contributed by atoms with E-state index in [0.717, 1.165) is 0 Å². The van der Waals surface area contributed by atoms with Gasteiger partial charge in [0, 0.05) is 21.7 Å². The van der Waals surface area contributed by atoms with E-state index in [1.54, 1.807) is 60.7 Å². The van der Waals surface area contributed by atoms with Crippen LogP contribution in [0.1, 0.15) is 17.3 Å². The van der Waals surface area contributed by atoms with Gasteiger partial charge in [0.05, 0.1) is 21.5 Å². The van der Waals surface area contributed by atoms with Gasteiger partial charge < -0.3 is 10.2 Å². The number of amides is 1. The van der Waals surface area contributed by atoms with Gasteiger partial charge in [0.15, 0.2) is 0 Å². The van der Waals surface area contributed by atoms with Crippen molar-refractivity contribution in [2.45, 2.75) is 6.92 Å². The van der Waals surface area contributed by atoms with E-state index in [0.29, 0.717) is 38.0 Å². The van der Waals surface area contributed by atoms with Crippen molar-refractivity contribution in [2.24, 2.45) is 4.99 Å². The Morgan fingerprint density at radius 2 is 1.58 bits per heavy atom. The predicted octanol–water partition coefficient (Wildman–Crippen LogP) is 3.19. The number of aromatic nitrogens is 1. The number of aliphatic hydroxyl groups excluding tert-OH is 1.